The summed E-state index contributed by atoms with van der Waals surface area (Å²) in [6.07, 6.45) is 6.30. The molecule has 0 bridgehead atoms. The Morgan fingerprint density at radius 1 is 0.833 bits per heavy atom. The summed E-state index contributed by atoms with van der Waals surface area (Å²) in [5.41, 5.74) is -0.306. The maximum atomic E-state index is 8.92. The highest BCUT2D eigenvalue weighted by Gasteiger charge is 2.13. The summed E-state index contributed by atoms with van der Waals surface area (Å²) in [5.74, 6) is 0. The third-order valence-corrected chi connectivity index (χ3v) is 2.64. The molecule has 18 heavy (non-hydrogen) atoms. The molecule has 0 rings (SSSR count). The Hall–Kier alpha value is -0.160. The molecule has 112 valence electrons. The highest BCUT2D eigenvalue weighted by atomic mass is 16.3. The second-order valence-electron chi connectivity index (χ2n) is 5.61. The molecule has 0 aromatic heterocycles. The van der Waals surface area contributed by atoms with E-state index in [4.69, 9.17) is 20.4 Å². The summed E-state index contributed by atoms with van der Waals surface area (Å²) < 4.78 is 0. The molecule has 0 aromatic carbocycles. The molecular weight excluding hydrogens is 232 g/mol. The molecule has 0 fully saturated rings. The summed E-state index contributed by atoms with van der Waals surface area (Å²) in [5, 5.41) is 34.3. The molecule has 1 unspecified atom stereocenters. The van der Waals surface area contributed by atoms with Crippen LogP contribution in [0.15, 0.2) is 0 Å². The van der Waals surface area contributed by atoms with Gasteiger partial charge in [-0.3, -0.25) is 0 Å². The molecule has 1 atom stereocenters. The van der Waals surface area contributed by atoms with Gasteiger partial charge in [0, 0.05) is 12.0 Å². The van der Waals surface area contributed by atoms with Crippen molar-refractivity contribution in [2.75, 3.05) is 19.8 Å². The molecule has 0 radical (unpaired) electrons. The molecule has 4 heteroatoms. The Morgan fingerprint density at radius 3 is 1.61 bits per heavy atom. The van der Waals surface area contributed by atoms with Gasteiger partial charge < -0.3 is 20.4 Å². The van der Waals surface area contributed by atoms with Crippen LogP contribution >= 0.6 is 0 Å². The number of aliphatic hydroxyl groups is 4. The van der Waals surface area contributed by atoms with E-state index in [9.17, 15) is 0 Å². The Morgan fingerprint density at radius 2 is 1.28 bits per heavy atom. The molecule has 0 amide bonds. The predicted molar refractivity (Wildman–Crippen MR) is 74.4 cm³/mol. The van der Waals surface area contributed by atoms with Gasteiger partial charge in [0.05, 0.1) is 19.3 Å². The van der Waals surface area contributed by atoms with Crippen LogP contribution in [-0.2, 0) is 0 Å². The average Bonchev–Trinajstić information content (AvgIpc) is 2.34. The van der Waals surface area contributed by atoms with E-state index in [-0.39, 0.29) is 24.7 Å². The van der Waals surface area contributed by atoms with Crippen molar-refractivity contribution in [3.8, 4) is 0 Å². The van der Waals surface area contributed by atoms with Crippen LogP contribution in [0.1, 0.15) is 59.3 Å². The summed E-state index contributed by atoms with van der Waals surface area (Å²) in [7, 11) is 0. The van der Waals surface area contributed by atoms with Gasteiger partial charge in [0.2, 0.25) is 0 Å². The molecule has 4 N–H and O–H groups in total. The second-order valence-corrected chi connectivity index (χ2v) is 5.61. The Balaban J connectivity index is 0. The smallest absolute Gasteiger partial charge is 0.0512 e. The van der Waals surface area contributed by atoms with Crippen LogP contribution < -0.4 is 0 Å². The molecule has 0 aliphatic rings. The highest BCUT2D eigenvalue weighted by molar-refractivity contribution is 4.62. The van der Waals surface area contributed by atoms with Crippen molar-refractivity contribution < 1.29 is 20.4 Å². The second kappa shape index (κ2) is 13.3. The van der Waals surface area contributed by atoms with E-state index in [1.807, 2.05) is 6.92 Å². The highest BCUT2D eigenvalue weighted by Crippen LogP contribution is 2.10. The molecule has 0 aliphatic carbocycles. The Kier molecular flexibility index (Phi) is 14.9. The number of hydrogen-bond acceptors (Lipinski definition) is 4. The molecular formula is C14H32O4. The Bertz CT molecular complexity index is 152. The van der Waals surface area contributed by atoms with Crippen molar-refractivity contribution >= 4 is 0 Å². The van der Waals surface area contributed by atoms with Gasteiger partial charge in [-0.15, -0.1) is 0 Å². The minimum Gasteiger partial charge on any atom is -0.396 e. The van der Waals surface area contributed by atoms with Crippen LogP contribution in [0.3, 0.4) is 0 Å². The van der Waals surface area contributed by atoms with Crippen molar-refractivity contribution in [1.82, 2.24) is 0 Å². The lowest BCUT2D eigenvalue weighted by atomic mass is 9.97. The fraction of sp³-hybridized carbons (Fsp3) is 1.00. The number of rotatable bonds is 9. The van der Waals surface area contributed by atoms with Gasteiger partial charge in [-0.1, -0.05) is 39.5 Å². The summed E-state index contributed by atoms with van der Waals surface area (Å²) in [6.45, 7) is 5.83. The van der Waals surface area contributed by atoms with Crippen LogP contribution in [0.4, 0.5) is 0 Å². The van der Waals surface area contributed by atoms with E-state index in [1.54, 1.807) is 13.8 Å². The van der Waals surface area contributed by atoms with Gasteiger partial charge >= 0.3 is 0 Å². The quantitative estimate of drug-likeness (QED) is 0.478. The normalized spacial score (nSPS) is 12.8. The SMILES string of the molecule is CC(C)(CO)CO.CC(O)CCCCCCCO. The lowest BCUT2D eigenvalue weighted by Crippen LogP contribution is -2.20. The predicted octanol–water partition coefficient (Wildman–Crippen LogP) is 1.70. The van der Waals surface area contributed by atoms with E-state index in [1.165, 1.54) is 12.8 Å². The molecule has 4 nitrogen and oxygen atoms in total. The van der Waals surface area contributed by atoms with Crippen LogP contribution in [0.5, 0.6) is 0 Å². The van der Waals surface area contributed by atoms with E-state index >= 15 is 0 Å². The van der Waals surface area contributed by atoms with Crippen LogP contribution in [0, 0.1) is 5.41 Å². The zero-order valence-electron chi connectivity index (χ0n) is 12.2. The van der Waals surface area contributed by atoms with E-state index in [2.05, 4.69) is 0 Å². The standard InChI is InChI=1S/C9H20O2.C5H12O2/c1-9(11)7-5-3-2-4-6-8-10;1-5(2,3-6)4-7/h9-11H,2-8H2,1H3;6-7H,3-4H2,1-2H3. The van der Waals surface area contributed by atoms with Gasteiger partial charge in [0.15, 0.2) is 0 Å². The molecule has 0 aliphatic heterocycles. The van der Waals surface area contributed by atoms with Crippen LogP contribution in [-0.4, -0.2) is 46.4 Å². The third kappa shape index (κ3) is 18.2. The first-order valence-electron chi connectivity index (χ1n) is 6.90. The first-order valence-corrected chi connectivity index (χ1v) is 6.90. The van der Waals surface area contributed by atoms with Crippen molar-refractivity contribution in [1.29, 1.82) is 0 Å². The lowest BCUT2D eigenvalue weighted by Gasteiger charge is -2.16. The minimum absolute atomic E-state index is 0.0451. The zero-order chi connectivity index (χ0) is 14.4. The first-order chi connectivity index (χ1) is 8.39. The fourth-order valence-corrected chi connectivity index (χ4v) is 1.13. The van der Waals surface area contributed by atoms with Gasteiger partial charge in [0.25, 0.3) is 0 Å². The van der Waals surface area contributed by atoms with E-state index < -0.39 is 0 Å². The largest absolute Gasteiger partial charge is 0.396 e. The fourth-order valence-electron chi connectivity index (χ4n) is 1.13. The van der Waals surface area contributed by atoms with Crippen LogP contribution in [0.2, 0.25) is 0 Å². The molecule has 0 heterocycles. The van der Waals surface area contributed by atoms with Gasteiger partial charge in [0.1, 0.15) is 0 Å². The third-order valence-electron chi connectivity index (χ3n) is 2.64. The zero-order valence-corrected chi connectivity index (χ0v) is 12.2. The van der Waals surface area contributed by atoms with E-state index in [0.29, 0.717) is 6.61 Å². The average molecular weight is 264 g/mol. The maximum absolute atomic E-state index is 8.92. The summed E-state index contributed by atoms with van der Waals surface area (Å²) in [4.78, 5) is 0. The maximum Gasteiger partial charge on any atom is 0.0512 e. The van der Waals surface area contributed by atoms with Gasteiger partial charge in [-0.05, 0) is 19.8 Å². The van der Waals surface area contributed by atoms with Crippen molar-refractivity contribution in [3.05, 3.63) is 0 Å². The minimum atomic E-state index is -0.306. The molecule has 0 saturated carbocycles. The number of unbranched alkanes of at least 4 members (excludes halogenated alkanes) is 4. The van der Waals surface area contributed by atoms with E-state index in [0.717, 1.165) is 25.7 Å². The van der Waals surface area contributed by atoms with Crippen molar-refractivity contribution in [2.24, 2.45) is 5.41 Å². The lowest BCUT2D eigenvalue weighted by molar-refractivity contribution is 0.0857. The topological polar surface area (TPSA) is 80.9 Å². The molecule has 0 spiro atoms. The summed E-state index contributed by atoms with van der Waals surface area (Å²) in [6, 6.07) is 0. The van der Waals surface area contributed by atoms with Crippen molar-refractivity contribution in [3.63, 3.8) is 0 Å². The number of aliphatic hydroxyl groups excluding tert-OH is 4. The monoisotopic (exact) mass is 264 g/mol. The van der Waals surface area contributed by atoms with Crippen molar-refractivity contribution in [2.45, 2.75) is 65.4 Å². The Labute approximate surface area is 112 Å². The number of hydrogen-bond donors (Lipinski definition) is 4. The molecule has 0 aromatic rings. The molecule has 0 saturated heterocycles. The van der Waals surface area contributed by atoms with Gasteiger partial charge in [-0.2, -0.15) is 0 Å². The van der Waals surface area contributed by atoms with Gasteiger partial charge in [-0.25, -0.2) is 0 Å². The van der Waals surface area contributed by atoms with Crippen LogP contribution in [0.25, 0.3) is 0 Å². The first kappa shape index (κ1) is 20.2. The summed E-state index contributed by atoms with van der Waals surface area (Å²) >= 11 is 0.